The number of methoxy groups -OCH3 is 2. The van der Waals surface area contributed by atoms with Gasteiger partial charge in [-0.25, -0.2) is 0 Å². The molecule has 0 unspecified atom stereocenters. The molecule has 0 spiro atoms. The van der Waals surface area contributed by atoms with Gasteiger partial charge in [-0.15, -0.1) is 11.8 Å². The maximum absolute atomic E-state index is 10.3. The smallest absolute Gasteiger partial charge is 0.203 e. The molecule has 2 rings (SSSR count). The molecular formula is C15H22N2O3S2. The summed E-state index contributed by atoms with van der Waals surface area (Å²) in [7, 11) is 3.09. The zero-order valence-corrected chi connectivity index (χ0v) is 14.8. The monoisotopic (exact) mass is 342 g/mol. The Balaban J connectivity index is 2.02. The lowest BCUT2D eigenvalue weighted by molar-refractivity contribution is 0.177. The van der Waals surface area contributed by atoms with Crippen molar-refractivity contribution < 1.29 is 14.6 Å². The van der Waals surface area contributed by atoms with E-state index in [9.17, 15) is 5.11 Å². The first kappa shape index (κ1) is 17.2. The average Bonchev–Trinajstić information content (AvgIpc) is 2.56. The van der Waals surface area contributed by atoms with Crippen LogP contribution in [0, 0.1) is 0 Å². The van der Waals surface area contributed by atoms with Crippen molar-refractivity contribution in [3.05, 3.63) is 17.7 Å². The predicted molar refractivity (Wildman–Crippen MR) is 94.2 cm³/mol. The van der Waals surface area contributed by atoms with E-state index in [1.54, 1.807) is 18.9 Å². The number of hydrogen-bond donors (Lipinski definition) is 1. The first-order chi connectivity index (χ1) is 10.6. The fourth-order valence-electron chi connectivity index (χ4n) is 2.54. The summed E-state index contributed by atoms with van der Waals surface area (Å²) in [5, 5.41) is 10.3. The standard InChI is InChI=1S/C15H22N2O3S2/c1-19-12-5-4-11(13(18)14(12)20-2)10-16-6-8-17(9-7-16)15(21)22-3/h4-5,18H,6-10H2,1-3H3. The zero-order valence-electron chi connectivity index (χ0n) is 13.2. The van der Waals surface area contributed by atoms with E-state index in [0.29, 0.717) is 18.0 Å². The Morgan fingerprint density at radius 3 is 2.45 bits per heavy atom. The Labute approximate surface area is 141 Å². The van der Waals surface area contributed by atoms with E-state index in [1.165, 1.54) is 7.11 Å². The molecule has 1 aliphatic heterocycles. The van der Waals surface area contributed by atoms with Gasteiger partial charge in [0.25, 0.3) is 0 Å². The van der Waals surface area contributed by atoms with Crippen LogP contribution in [0.1, 0.15) is 5.56 Å². The molecule has 7 heteroatoms. The summed E-state index contributed by atoms with van der Waals surface area (Å²) < 4.78 is 11.4. The molecule has 0 aromatic heterocycles. The number of phenolic OH excluding ortho intramolecular Hbond substituents is 1. The van der Waals surface area contributed by atoms with Crippen LogP contribution >= 0.6 is 24.0 Å². The van der Waals surface area contributed by atoms with Crippen molar-refractivity contribution in [1.29, 1.82) is 0 Å². The number of phenols is 1. The fourth-order valence-corrected chi connectivity index (χ4v) is 3.16. The van der Waals surface area contributed by atoms with Crippen molar-refractivity contribution in [2.75, 3.05) is 46.7 Å². The van der Waals surface area contributed by atoms with Gasteiger partial charge in [-0.1, -0.05) is 18.3 Å². The number of benzene rings is 1. The lowest BCUT2D eigenvalue weighted by Crippen LogP contribution is -2.47. The number of rotatable bonds is 4. The van der Waals surface area contributed by atoms with Crippen molar-refractivity contribution in [2.45, 2.75) is 6.54 Å². The number of hydrogen-bond acceptors (Lipinski definition) is 6. The van der Waals surface area contributed by atoms with Gasteiger partial charge in [-0.2, -0.15) is 0 Å². The molecule has 1 aliphatic rings. The summed E-state index contributed by atoms with van der Waals surface area (Å²) in [5.41, 5.74) is 0.846. The van der Waals surface area contributed by atoms with Crippen molar-refractivity contribution >= 4 is 28.3 Å². The second-order valence-corrected chi connectivity index (χ2v) is 6.48. The van der Waals surface area contributed by atoms with E-state index in [4.69, 9.17) is 21.7 Å². The Kier molecular flexibility index (Phi) is 6.16. The molecule has 1 N–H and O–H groups in total. The second kappa shape index (κ2) is 7.89. The summed E-state index contributed by atoms with van der Waals surface area (Å²) in [5.74, 6) is 1.09. The van der Waals surface area contributed by atoms with Crippen molar-refractivity contribution in [2.24, 2.45) is 0 Å². The molecule has 0 radical (unpaired) electrons. The van der Waals surface area contributed by atoms with Crippen LogP contribution in [0.5, 0.6) is 17.2 Å². The summed E-state index contributed by atoms with van der Waals surface area (Å²) in [6.07, 6.45) is 2.01. The van der Waals surface area contributed by atoms with Gasteiger partial charge in [0.15, 0.2) is 11.5 Å². The van der Waals surface area contributed by atoms with Gasteiger partial charge in [0.05, 0.1) is 14.2 Å². The average molecular weight is 342 g/mol. The minimum atomic E-state index is 0.156. The third-order valence-electron chi connectivity index (χ3n) is 3.80. The van der Waals surface area contributed by atoms with Gasteiger partial charge in [0.1, 0.15) is 4.32 Å². The first-order valence-electron chi connectivity index (χ1n) is 7.08. The Bertz CT molecular complexity index is 532. The van der Waals surface area contributed by atoms with E-state index >= 15 is 0 Å². The normalized spacial score (nSPS) is 15.7. The first-order valence-corrected chi connectivity index (χ1v) is 8.72. The Morgan fingerprint density at radius 2 is 1.91 bits per heavy atom. The lowest BCUT2D eigenvalue weighted by atomic mass is 10.1. The molecular weight excluding hydrogens is 320 g/mol. The maximum Gasteiger partial charge on any atom is 0.203 e. The molecule has 1 aromatic rings. The zero-order chi connectivity index (χ0) is 16.1. The number of thiocarbonyl (C=S) groups is 1. The molecule has 1 aromatic carbocycles. The van der Waals surface area contributed by atoms with Crippen LogP contribution in [0.15, 0.2) is 12.1 Å². The van der Waals surface area contributed by atoms with E-state index in [0.717, 1.165) is 36.1 Å². The third kappa shape index (κ3) is 3.77. The van der Waals surface area contributed by atoms with Crippen molar-refractivity contribution in [1.82, 2.24) is 9.80 Å². The minimum absolute atomic E-state index is 0.156. The van der Waals surface area contributed by atoms with E-state index in [2.05, 4.69) is 9.80 Å². The fraction of sp³-hybridized carbons (Fsp3) is 0.533. The van der Waals surface area contributed by atoms with Crippen LogP contribution in [0.4, 0.5) is 0 Å². The predicted octanol–water partition coefficient (Wildman–Crippen LogP) is 2.17. The number of nitrogens with zero attached hydrogens (tertiary/aromatic N) is 2. The largest absolute Gasteiger partial charge is 0.504 e. The molecule has 1 heterocycles. The maximum atomic E-state index is 10.3. The SMILES string of the molecule is COc1ccc(CN2CCN(C(=S)SC)CC2)c(O)c1OC. The molecule has 1 saturated heterocycles. The van der Waals surface area contributed by atoms with Gasteiger partial charge in [-0.3, -0.25) is 4.90 Å². The summed E-state index contributed by atoms with van der Waals surface area (Å²) in [4.78, 5) is 4.53. The quantitative estimate of drug-likeness (QED) is 0.842. The van der Waals surface area contributed by atoms with Gasteiger partial charge < -0.3 is 19.5 Å². The van der Waals surface area contributed by atoms with Gasteiger partial charge >= 0.3 is 0 Å². The van der Waals surface area contributed by atoms with Crippen LogP contribution in [-0.2, 0) is 6.54 Å². The summed E-state index contributed by atoms with van der Waals surface area (Å²) in [6, 6.07) is 3.71. The molecule has 5 nitrogen and oxygen atoms in total. The van der Waals surface area contributed by atoms with Crippen LogP contribution in [0.3, 0.4) is 0 Å². The topological polar surface area (TPSA) is 45.2 Å². The van der Waals surface area contributed by atoms with E-state index in [1.807, 2.05) is 18.4 Å². The lowest BCUT2D eigenvalue weighted by Gasteiger charge is -2.35. The number of piperazine rings is 1. The van der Waals surface area contributed by atoms with Gasteiger partial charge in [-0.05, 0) is 12.3 Å². The van der Waals surface area contributed by atoms with Crippen LogP contribution in [-0.4, -0.2) is 65.9 Å². The van der Waals surface area contributed by atoms with Gasteiger partial charge in [0.2, 0.25) is 5.75 Å². The highest BCUT2D eigenvalue weighted by Crippen LogP contribution is 2.39. The number of ether oxygens (including phenoxy) is 2. The van der Waals surface area contributed by atoms with Gasteiger partial charge in [0, 0.05) is 38.3 Å². The molecule has 22 heavy (non-hydrogen) atoms. The molecule has 1 fully saturated rings. The number of thioether (sulfide) groups is 1. The highest BCUT2D eigenvalue weighted by molar-refractivity contribution is 8.22. The number of aromatic hydroxyl groups is 1. The van der Waals surface area contributed by atoms with Crippen molar-refractivity contribution in [3.63, 3.8) is 0 Å². The molecule has 0 aliphatic carbocycles. The van der Waals surface area contributed by atoms with E-state index in [-0.39, 0.29) is 5.75 Å². The summed E-state index contributed by atoms with van der Waals surface area (Å²) >= 11 is 6.94. The Hall–Kier alpha value is -1.18. The minimum Gasteiger partial charge on any atom is -0.504 e. The molecule has 0 bridgehead atoms. The molecule has 0 saturated carbocycles. The molecule has 122 valence electrons. The summed E-state index contributed by atoms with van der Waals surface area (Å²) in [6.45, 7) is 4.39. The molecule has 0 atom stereocenters. The highest BCUT2D eigenvalue weighted by atomic mass is 32.2. The van der Waals surface area contributed by atoms with Crippen LogP contribution in [0.25, 0.3) is 0 Å². The molecule has 0 amide bonds. The van der Waals surface area contributed by atoms with Crippen LogP contribution < -0.4 is 9.47 Å². The second-order valence-electron chi connectivity index (χ2n) is 5.04. The van der Waals surface area contributed by atoms with Crippen LogP contribution in [0.2, 0.25) is 0 Å². The third-order valence-corrected chi connectivity index (χ3v) is 5.17. The Morgan fingerprint density at radius 1 is 1.23 bits per heavy atom. The van der Waals surface area contributed by atoms with Crippen molar-refractivity contribution in [3.8, 4) is 17.2 Å². The van der Waals surface area contributed by atoms with E-state index < -0.39 is 0 Å². The highest BCUT2D eigenvalue weighted by Gasteiger charge is 2.21.